The second-order valence-electron chi connectivity index (χ2n) is 3.67. The number of para-hydroxylation sites is 1. The third-order valence-corrected chi connectivity index (χ3v) is 3.28. The van der Waals surface area contributed by atoms with E-state index in [9.17, 15) is 4.79 Å². The fraction of sp³-hybridized carbons (Fsp3) is 0.154. The zero-order valence-electron chi connectivity index (χ0n) is 9.01. The third kappa shape index (κ3) is 1.80. The summed E-state index contributed by atoms with van der Waals surface area (Å²) in [5.41, 5.74) is 1.26. The Morgan fingerprint density at radius 2 is 2.06 bits per heavy atom. The van der Waals surface area contributed by atoms with Crippen molar-refractivity contribution >= 4 is 17.1 Å². The summed E-state index contributed by atoms with van der Waals surface area (Å²) in [6.45, 7) is 1.02. The van der Waals surface area contributed by atoms with Crippen molar-refractivity contribution in [3.8, 4) is 11.5 Å². The van der Waals surface area contributed by atoms with Gasteiger partial charge in [0.25, 0.3) is 0 Å². The van der Waals surface area contributed by atoms with E-state index in [4.69, 9.17) is 9.47 Å². The summed E-state index contributed by atoms with van der Waals surface area (Å²) >= 11 is 1.51. The van der Waals surface area contributed by atoms with Crippen molar-refractivity contribution in [3.63, 3.8) is 0 Å². The molecular formula is C13H10O3S. The molecular weight excluding hydrogens is 236 g/mol. The van der Waals surface area contributed by atoms with Crippen LogP contribution in [0.25, 0.3) is 0 Å². The predicted octanol–water partition coefficient (Wildman–Crippen LogP) is 2.75. The van der Waals surface area contributed by atoms with Crippen molar-refractivity contribution in [1.82, 2.24) is 0 Å². The highest BCUT2D eigenvalue weighted by atomic mass is 32.1. The molecule has 0 spiro atoms. The van der Waals surface area contributed by atoms with Crippen LogP contribution in [0.1, 0.15) is 15.9 Å². The molecule has 0 N–H and O–H groups in total. The quantitative estimate of drug-likeness (QED) is 0.764. The van der Waals surface area contributed by atoms with Crippen LogP contribution >= 0.6 is 11.3 Å². The van der Waals surface area contributed by atoms with Gasteiger partial charge in [0.15, 0.2) is 17.3 Å². The fourth-order valence-corrected chi connectivity index (χ4v) is 2.44. The maximum absolute atomic E-state index is 12.3. The van der Waals surface area contributed by atoms with E-state index >= 15 is 0 Å². The number of hydrogen-bond acceptors (Lipinski definition) is 4. The van der Waals surface area contributed by atoms with E-state index in [2.05, 4.69) is 0 Å². The summed E-state index contributed by atoms with van der Waals surface area (Å²) in [5, 5.41) is 3.73. The molecule has 3 nitrogen and oxygen atoms in total. The lowest BCUT2D eigenvalue weighted by Crippen LogP contribution is -2.17. The van der Waals surface area contributed by atoms with Crippen LogP contribution in [0.5, 0.6) is 11.5 Å². The third-order valence-electron chi connectivity index (χ3n) is 2.59. The Kier molecular flexibility index (Phi) is 2.57. The number of ketones is 1. The Labute approximate surface area is 103 Å². The number of carbonyl (C=O) groups excluding carboxylic acids is 1. The Bertz CT molecular complexity index is 546. The molecule has 0 saturated heterocycles. The molecule has 0 aliphatic carbocycles. The zero-order valence-corrected chi connectivity index (χ0v) is 9.83. The largest absolute Gasteiger partial charge is 0.486 e. The minimum absolute atomic E-state index is 0.0198. The monoisotopic (exact) mass is 246 g/mol. The molecule has 0 amide bonds. The van der Waals surface area contributed by atoms with Crippen LogP contribution in [0.4, 0.5) is 0 Å². The van der Waals surface area contributed by atoms with Gasteiger partial charge in [-0.3, -0.25) is 4.79 Å². The van der Waals surface area contributed by atoms with E-state index in [0.717, 1.165) is 0 Å². The Morgan fingerprint density at radius 3 is 2.88 bits per heavy atom. The topological polar surface area (TPSA) is 35.5 Å². The van der Waals surface area contributed by atoms with Crippen LogP contribution in [-0.4, -0.2) is 19.0 Å². The van der Waals surface area contributed by atoms with E-state index in [1.807, 2.05) is 29.0 Å². The normalized spacial score (nSPS) is 13.4. The van der Waals surface area contributed by atoms with Crippen molar-refractivity contribution in [2.24, 2.45) is 0 Å². The summed E-state index contributed by atoms with van der Waals surface area (Å²) in [4.78, 5) is 12.3. The van der Waals surface area contributed by atoms with Crippen LogP contribution < -0.4 is 9.47 Å². The summed E-state index contributed by atoms with van der Waals surface area (Å²) in [7, 11) is 0. The number of fused-ring (bicyclic) bond motifs is 1. The average Bonchev–Trinajstić information content (AvgIpc) is 2.91. The Hall–Kier alpha value is -1.81. The molecule has 1 aromatic carbocycles. The van der Waals surface area contributed by atoms with Crippen LogP contribution in [0, 0.1) is 0 Å². The highest BCUT2D eigenvalue weighted by Crippen LogP contribution is 2.34. The smallest absolute Gasteiger partial charge is 0.197 e. The van der Waals surface area contributed by atoms with Crippen molar-refractivity contribution in [1.29, 1.82) is 0 Å². The van der Waals surface area contributed by atoms with Gasteiger partial charge in [-0.25, -0.2) is 0 Å². The summed E-state index contributed by atoms with van der Waals surface area (Å²) in [6, 6.07) is 7.22. The molecule has 2 aromatic rings. The van der Waals surface area contributed by atoms with Gasteiger partial charge in [0, 0.05) is 10.9 Å². The first-order valence-corrected chi connectivity index (χ1v) is 6.26. The Balaban J connectivity index is 2.06. The van der Waals surface area contributed by atoms with Gasteiger partial charge in [0.05, 0.1) is 5.56 Å². The molecule has 17 heavy (non-hydrogen) atoms. The SMILES string of the molecule is O=C(c1ccsc1)c1cccc2c1OCCO2. The van der Waals surface area contributed by atoms with Gasteiger partial charge in [-0.15, -0.1) is 0 Å². The van der Waals surface area contributed by atoms with Gasteiger partial charge < -0.3 is 9.47 Å². The van der Waals surface area contributed by atoms with E-state index in [-0.39, 0.29) is 5.78 Å². The van der Waals surface area contributed by atoms with Crippen molar-refractivity contribution in [2.45, 2.75) is 0 Å². The van der Waals surface area contributed by atoms with Crippen LogP contribution in [-0.2, 0) is 0 Å². The second-order valence-corrected chi connectivity index (χ2v) is 4.45. The molecule has 0 radical (unpaired) electrons. The van der Waals surface area contributed by atoms with Gasteiger partial charge in [-0.2, -0.15) is 11.3 Å². The average molecular weight is 246 g/mol. The van der Waals surface area contributed by atoms with Gasteiger partial charge in [-0.05, 0) is 23.6 Å². The van der Waals surface area contributed by atoms with E-state index in [1.165, 1.54) is 11.3 Å². The van der Waals surface area contributed by atoms with Crippen LogP contribution in [0.3, 0.4) is 0 Å². The molecule has 86 valence electrons. The van der Waals surface area contributed by atoms with Crippen LogP contribution in [0.2, 0.25) is 0 Å². The van der Waals surface area contributed by atoms with E-state index < -0.39 is 0 Å². The van der Waals surface area contributed by atoms with Gasteiger partial charge in [0.2, 0.25) is 0 Å². The lowest BCUT2D eigenvalue weighted by Gasteiger charge is -2.20. The standard InChI is InChI=1S/C13H10O3S/c14-12(9-4-7-17-8-9)10-2-1-3-11-13(10)16-6-5-15-11/h1-4,7-8H,5-6H2. The highest BCUT2D eigenvalue weighted by molar-refractivity contribution is 7.08. The first kappa shape index (κ1) is 10.4. The first-order valence-electron chi connectivity index (χ1n) is 5.32. The summed E-state index contributed by atoms with van der Waals surface area (Å²) in [6.07, 6.45) is 0. The number of rotatable bonds is 2. The molecule has 1 aromatic heterocycles. The number of benzene rings is 1. The molecule has 0 bridgehead atoms. The second kappa shape index (κ2) is 4.22. The lowest BCUT2D eigenvalue weighted by atomic mass is 10.0. The van der Waals surface area contributed by atoms with Gasteiger partial charge >= 0.3 is 0 Å². The minimum Gasteiger partial charge on any atom is -0.486 e. The summed E-state index contributed by atoms with van der Waals surface area (Å²) in [5.74, 6) is 1.20. The number of ether oxygens (including phenoxy) is 2. The molecule has 0 unspecified atom stereocenters. The molecule has 3 rings (SSSR count). The fourth-order valence-electron chi connectivity index (χ4n) is 1.80. The highest BCUT2D eigenvalue weighted by Gasteiger charge is 2.21. The number of thiophene rings is 1. The maximum Gasteiger partial charge on any atom is 0.197 e. The Morgan fingerprint density at radius 1 is 1.18 bits per heavy atom. The van der Waals surface area contributed by atoms with Gasteiger partial charge in [-0.1, -0.05) is 6.07 Å². The van der Waals surface area contributed by atoms with Crippen molar-refractivity contribution in [2.75, 3.05) is 13.2 Å². The van der Waals surface area contributed by atoms with Crippen molar-refractivity contribution in [3.05, 3.63) is 46.2 Å². The van der Waals surface area contributed by atoms with Crippen molar-refractivity contribution < 1.29 is 14.3 Å². The summed E-state index contributed by atoms with van der Waals surface area (Å²) < 4.78 is 11.0. The molecule has 0 saturated carbocycles. The maximum atomic E-state index is 12.3. The molecule has 2 heterocycles. The minimum atomic E-state index is -0.0198. The molecule has 1 aliphatic heterocycles. The first-order chi connectivity index (χ1) is 8.36. The lowest BCUT2D eigenvalue weighted by molar-refractivity contribution is 0.102. The zero-order chi connectivity index (χ0) is 11.7. The van der Waals surface area contributed by atoms with E-state index in [1.54, 1.807) is 6.07 Å². The molecule has 0 atom stereocenters. The van der Waals surface area contributed by atoms with Gasteiger partial charge in [0.1, 0.15) is 13.2 Å². The predicted molar refractivity (Wildman–Crippen MR) is 65.2 cm³/mol. The number of carbonyl (C=O) groups is 1. The molecule has 4 heteroatoms. The van der Waals surface area contributed by atoms with Crippen LogP contribution in [0.15, 0.2) is 35.0 Å². The van der Waals surface area contributed by atoms with E-state index in [0.29, 0.717) is 35.8 Å². The molecule has 0 fully saturated rings. The molecule has 1 aliphatic rings. The number of hydrogen-bond donors (Lipinski definition) is 0.